The van der Waals surface area contributed by atoms with Gasteiger partial charge in [0.1, 0.15) is 13.2 Å². The average molecular weight is 435 g/mol. The summed E-state index contributed by atoms with van der Waals surface area (Å²) < 4.78 is 2.26. The third-order valence-electron chi connectivity index (χ3n) is 7.78. The molecule has 6 rings (SSSR count). The molecule has 1 aliphatic heterocycles. The van der Waals surface area contributed by atoms with Crippen molar-refractivity contribution in [3.63, 3.8) is 0 Å². The maximum atomic E-state index is 2.69. The van der Waals surface area contributed by atoms with E-state index >= 15 is 0 Å². The van der Waals surface area contributed by atoms with Crippen molar-refractivity contribution in [2.24, 2.45) is 7.05 Å². The number of anilines is 3. The number of hydrogen-bond donors (Lipinski definition) is 0. The minimum atomic E-state index is 0.306. The Morgan fingerprint density at radius 3 is 2.30 bits per heavy atom. The summed E-state index contributed by atoms with van der Waals surface area (Å²) in [4.78, 5) is 5.25. The standard InChI is InChI=1S/C30H32N3/c1-21-25(30-26-14-7-4-11-23(26)19-20-31(30)3)15-10-18-27(21)33-22(2)32(24-12-5-6-13-24)28-16-8-9-17-29(28)33/h4,7-11,14-20,22,24H,5-6,12-13H2,1-3H3/q+1/t22-/m1/s1. The van der Waals surface area contributed by atoms with Crippen molar-refractivity contribution in [3.05, 3.63) is 84.6 Å². The fourth-order valence-corrected chi connectivity index (χ4v) is 6.22. The summed E-state index contributed by atoms with van der Waals surface area (Å²) in [7, 11) is 2.16. The van der Waals surface area contributed by atoms with Gasteiger partial charge in [0.2, 0.25) is 5.69 Å². The van der Waals surface area contributed by atoms with E-state index in [-0.39, 0.29) is 0 Å². The van der Waals surface area contributed by atoms with Gasteiger partial charge in [-0.15, -0.1) is 0 Å². The second kappa shape index (κ2) is 7.91. The molecule has 33 heavy (non-hydrogen) atoms. The van der Waals surface area contributed by atoms with Gasteiger partial charge in [-0.3, -0.25) is 0 Å². The van der Waals surface area contributed by atoms with Gasteiger partial charge in [0, 0.05) is 17.8 Å². The number of fused-ring (bicyclic) bond motifs is 2. The molecule has 1 atom stereocenters. The van der Waals surface area contributed by atoms with Crippen molar-refractivity contribution in [3.8, 4) is 11.3 Å². The van der Waals surface area contributed by atoms with Crippen LogP contribution < -0.4 is 14.4 Å². The second-order valence-corrected chi connectivity index (χ2v) is 9.65. The number of rotatable bonds is 3. The van der Waals surface area contributed by atoms with Crippen LogP contribution >= 0.6 is 0 Å². The first-order chi connectivity index (χ1) is 16.1. The van der Waals surface area contributed by atoms with Crippen molar-refractivity contribution in [1.29, 1.82) is 0 Å². The molecular formula is C30H32N3+. The van der Waals surface area contributed by atoms with Crippen molar-refractivity contribution in [1.82, 2.24) is 0 Å². The minimum Gasteiger partial charge on any atom is -0.346 e. The Labute approximate surface area is 196 Å². The fraction of sp³-hybridized carbons (Fsp3) is 0.300. The fourth-order valence-electron chi connectivity index (χ4n) is 6.22. The number of nitrogens with zero attached hydrogens (tertiary/aromatic N) is 3. The van der Waals surface area contributed by atoms with Crippen LogP contribution in [0, 0.1) is 6.92 Å². The molecule has 1 saturated carbocycles. The van der Waals surface area contributed by atoms with Gasteiger partial charge >= 0.3 is 0 Å². The highest BCUT2D eigenvalue weighted by atomic mass is 15.4. The van der Waals surface area contributed by atoms with Crippen molar-refractivity contribution >= 4 is 27.8 Å². The first kappa shape index (κ1) is 20.3. The molecule has 3 aromatic carbocycles. The Bertz CT molecular complexity index is 1340. The van der Waals surface area contributed by atoms with Crippen LogP contribution in [0.1, 0.15) is 38.2 Å². The molecule has 1 aromatic heterocycles. The van der Waals surface area contributed by atoms with E-state index in [9.17, 15) is 0 Å². The monoisotopic (exact) mass is 434 g/mol. The van der Waals surface area contributed by atoms with Crippen LogP contribution in [-0.4, -0.2) is 12.2 Å². The molecule has 0 radical (unpaired) electrons. The first-order valence-corrected chi connectivity index (χ1v) is 12.3. The molecule has 3 nitrogen and oxygen atoms in total. The topological polar surface area (TPSA) is 10.4 Å². The average Bonchev–Trinajstić information content (AvgIpc) is 3.45. The zero-order valence-electron chi connectivity index (χ0n) is 19.8. The number of pyridine rings is 1. The first-order valence-electron chi connectivity index (χ1n) is 12.3. The molecule has 0 amide bonds. The SMILES string of the molecule is Cc1c(-c2c3ccccc3cc[n+]2C)cccc1N1c2ccccc2N(C2CCCC2)[C@H]1C. The van der Waals surface area contributed by atoms with E-state index in [0.717, 1.165) is 0 Å². The highest BCUT2D eigenvalue weighted by molar-refractivity contribution is 5.95. The maximum Gasteiger partial charge on any atom is 0.220 e. The van der Waals surface area contributed by atoms with Crippen LogP contribution in [0.5, 0.6) is 0 Å². The van der Waals surface area contributed by atoms with Crippen molar-refractivity contribution < 1.29 is 4.57 Å². The van der Waals surface area contributed by atoms with E-state index in [1.54, 1.807) is 0 Å². The largest absolute Gasteiger partial charge is 0.346 e. The van der Waals surface area contributed by atoms with Gasteiger partial charge < -0.3 is 9.80 Å². The van der Waals surface area contributed by atoms with E-state index in [0.29, 0.717) is 12.2 Å². The number of aryl methyl sites for hydroxylation is 1. The summed E-state index contributed by atoms with van der Waals surface area (Å²) in [6.45, 7) is 4.67. The third-order valence-corrected chi connectivity index (χ3v) is 7.78. The lowest BCUT2D eigenvalue weighted by molar-refractivity contribution is -0.659. The normalized spacial score (nSPS) is 18.3. The highest BCUT2D eigenvalue weighted by Gasteiger charge is 2.39. The zero-order valence-corrected chi connectivity index (χ0v) is 19.8. The number of benzene rings is 3. The summed E-state index contributed by atoms with van der Waals surface area (Å²) in [6.07, 6.45) is 7.79. The Kier molecular flexibility index (Phi) is 4.86. The second-order valence-electron chi connectivity index (χ2n) is 9.65. The van der Waals surface area contributed by atoms with Crippen LogP contribution in [0.4, 0.5) is 17.1 Å². The van der Waals surface area contributed by atoms with Crippen molar-refractivity contribution in [2.75, 3.05) is 9.80 Å². The van der Waals surface area contributed by atoms with Crippen LogP contribution in [0.2, 0.25) is 0 Å². The molecule has 166 valence electrons. The smallest absolute Gasteiger partial charge is 0.220 e. The Morgan fingerprint density at radius 2 is 1.48 bits per heavy atom. The maximum absolute atomic E-state index is 2.69. The van der Waals surface area contributed by atoms with E-state index in [4.69, 9.17) is 0 Å². The summed E-state index contributed by atoms with van der Waals surface area (Å²) >= 11 is 0. The van der Waals surface area contributed by atoms with Gasteiger partial charge in [-0.25, -0.2) is 4.57 Å². The van der Waals surface area contributed by atoms with Crippen molar-refractivity contribution in [2.45, 2.75) is 51.7 Å². The number of aromatic nitrogens is 1. The molecule has 0 spiro atoms. The van der Waals surface area contributed by atoms with Crippen LogP contribution in [0.3, 0.4) is 0 Å². The van der Waals surface area contributed by atoms with Crippen LogP contribution in [0.25, 0.3) is 22.0 Å². The predicted octanol–water partition coefficient (Wildman–Crippen LogP) is 6.89. The van der Waals surface area contributed by atoms with E-state index in [1.165, 1.54) is 70.3 Å². The lowest BCUT2D eigenvalue weighted by Crippen LogP contribution is -2.44. The van der Waals surface area contributed by atoms with E-state index < -0.39 is 0 Å². The lowest BCUT2D eigenvalue weighted by Gasteiger charge is -2.35. The summed E-state index contributed by atoms with van der Waals surface area (Å²) in [6, 6.07) is 27.4. The van der Waals surface area contributed by atoms with Crippen LogP contribution in [0.15, 0.2) is 79.0 Å². The van der Waals surface area contributed by atoms with Gasteiger partial charge in [-0.1, -0.05) is 49.2 Å². The van der Waals surface area contributed by atoms with E-state index in [1.807, 2.05) is 0 Å². The molecular weight excluding hydrogens is 402 g/mol. The summed E-state index contributed by atoms with van der Waals surface area (Å²) in [5.41, 5.74) is 7.94. The van der Waals surface area contributed by atoms with Gasteiger partial charge in [0.05, 0.1) is 22.3 Å². The van der Waals surface area contributed by atoms with Gasteiger partial charge in [-0.05, 0) is 68.0 Å². The Hall–Kier alpha value is -3.33. The molecule has 0 unspecified atom stereocenters. The molecule has 4 aromatic rings. The van der Waals surface area contributed by atoms with Gasteiger partial charge in [0.15, 0.2) is 6.20 Å². The quantitative estimate of drug-likeness (QED) is 0.325. The van der Waals surface area contributed by atoms with Gasteiger partial charge in [-0.2, -0.15) is 0 Å². The zero-order chi connectivity index (χ0) is 22.5. The molecule has 3 heteroatoms. The molecule has 1 aliphatic carbocycles. The van der Waals surface area contributed by atoms with E-state index in [2.05, 4.69) is 114 Å². The Balaban J connectivity index is 1.52. The summed E-state index contributed by atoms with van der Waals surface area (Å²) in [5, 5.41) is 2.58. The number of hydrogen-bond acceptors (Lipinski definition) is 2. The Morgan fingerprint density at radius 1 is 0.788 bits per heavy atom. The number of para-hydroxylation sites is 2. The molecule has 2 aliphatic rings. The highest BCUT2D eigenvalue weighted by Crippen LogP contribution is 2.48. The lowest BCUT2D eigenvalue weighted by atomic mass is 9.97. The molecule has 2 heterocycles. The van der Waals surface area contributed by atoms with Crippen LogP contribution in [-0.2, 0) is 7.05 Å². The summed E-state index contributed by atoms with van der Waals surface area (Å²) in [5.74, 6) is 0. The minimum absolute atomic E-state index is 0.306. The van der Waals surface area contributed by atoms with Gasteiger partial charge in [0.25, 0.3) is 0 Å². The molecule has 0 N–H and O–H groups in total. The molecule has 0 saturated heterocycles. The predicted molar refractivity (Wildman–Crippen MR) is 138 cm³/mol. The molecule has 0 bridgehead atoms. The third kappa shape index (κ3) is 3.13. The molecule has 1 fully saturated rings.